The van der Waals surface area contributed by atoms with Gasteiger partial charge in [0.05, 0.1) is 27.7 Å². The Morgan fingerprint density at radius 3 is 2.50 bits per heavy atom. The Labute approximate surface area is 183 Å². The van der Waals surface area contributed by atoms with Crippen LogP contribution in [0.3, 0.4) is 0 Å². The Morgan fingerprint density at radius 2 is 1.80 bits per heavy atom. The summed E-state index contributed by atoms with van der Waals surface area (Å²) in [6.45, 7) is 2.36. The molecule has 0 saturated carbocycles. The van der Waals surface area contributed by atoms with Gasteiger partial charge in [-0.05, 0) is 42.8 Å². The van der Waals surface area contributed by atoms with Crippen LogP contribution in [0.5, 0.6) is 0 Å². The molecule has 0 radical (unpaired) electrons. The molecule has 0 fully saturated rings. The van der Waals surface area contributed by atoms with Crippen molar-refractivity contribution in [2.24, 2.45) is 0 Å². The minimum Gasteiger partial charge on any atom is -0.392 e. The Morgan fingerprint density at radius 1 is 1.07 bits per heavy atom. The quantitative estimate of drug-likeness (QED) is 0.422. The van der Waals surface area contributed by atoms with E-state index in [0.717, 1.165) is 22.2 Å². The molecule has 0 aliphatic heterocycles. The maximum atomic E-state index is 13.2. The average molecular weight is 440 g/mol. The molecule has 2 heterocycles. The molecular weight excluding hydrogens is 421 g/mol. The highest BCUT2D eigenvalue weighted by Crippen LogP contribution is 2.34. The zero-order valence-electron chi connectivity index (χ0n) is 16.2. The summed E-state index contributed by atoms with van der Waals surface area (Å²) in [5, 5.41) is 14.2. The van der Waals surface area contributed by atoms with E-state index >= 15 is 0 Å². The maximum absolute atomic E-state index is 13.2. The summed E-state index contributed by atoms with van der Waals surface area (Å²) < 4.78 is 1.68. The van der Waals surface area contributed by atoms with E-state index in [1.54, 1.807) is 35.0 Å². The second-order valence-electron chi connectivity index (χ2n) is 6.82. The first kappa shape index (κ1) is 20.4. The van der Waals surface area contributed by atoms with Gasteiger partial charge in [0.1, 0.15) is 5.82 Å². The number of aryl methyl sites for hydroxylation is 1. The molecule has 2 N–H and O–H groups in total. The first-order chi connectivity index (χ1) is 14.5. The number of pyridine rings is 2. The van der Waals surface area contributed by atoms with Crippen molar-refractivity contribution in [3.8, 4) is 11.1 Å². The number of halogens is 2. The molecule has 2 aromatic heterocycles. The number of nitrogens with one attached hydrogen (secondary N) is 1. The van der Waals surface area contributed by atoms with Crippen LogP contribution in [0.4, 0.5) is 11.5 Å². The van der Waals surface area contributed by atoms with Crippen LogP contribution < -0.4 is 10.9 Å². The van der Waals surface area contributed by atoms with E-state index < -0.39 is 0 Å². The van der Waals surface area contributed by atoms with Crippen LogP contribution in [0.25, 0.3) is 22.0 Å². The van der Waals surface area contributed by atoms with E-state index in [1.165, 1.54) is 0 Å². The van der Waals surface area contributed by atoms with Crippen LogP contribution in [0, 0.1) is 0 Å². The van der Waals surface area contributed by atoms with Gasteiger partial charge in [-0.15, -0.1) is 0 Å². The van der Waals surface area contributed by atoms with Crippen molar-refractivity contribution in [3.05, 3.63) is 86.8 Å². The van der Waals surface area contributed by atoms with Crippen molar-refractivity contribution in [2.75, 3.05) is 5.32 Å². The zero-order chi connectivity index (χ0) is 21.3. The summed E-state index contributed by atoms with van der Waals surface area (Å²) in [6, 6.07) is 16.2. The topological polar surface area (TPSA) is 67.2 Å². The number of hydrogen-bond acceptors (Lipinski definition) is 4. The molecule has 30 heavy (non-hydrogen) atoms. The van der Waals surface area contributed by atoms with E-state index in [9.17, 15) is 9.90 Å². The summed E-state index contributed by atoms with van der Waals surface area (Å²) in [5.74, 6) is 0.600. The third kappa shape index (κ3) is 3.79. The van der Waals surface area contributed by atoms with Crippen LogP contribution in [-0.4, -0.2) is 14.7 Å². The predicted octanol–water partition coefficient (Wildman–Crippen LogP) is 5.63. The molecule has 0 atom stereocenters. The number of benzene rings is 2. The SMILES string of the molecule is CCn1c(=O)c(-c2c(Cl)cccc2Cl)cc2cnc(Nc3cccc(CO)c3)cc21. The van der Waals surface area contributed by atoms with Crippen molar-refractivity contribution in [2.45, 2.75) is 20.1 Å². The van der Waals surface area contributed by atoms with Gasteiger partial charge in [0.2, 0.25) is 0 Å². The fraction of sp³-hybridized carbons (Fsp3) is 0.130. The molecule has 4 rings (SSSR count). The monoisotopic (exact) mass is 439 g/mol. The standard InChI is InChI=1S/C23H19Cl2N3O2/c1-2-28-20-11-21(27-16-6-3-5-14(9-16)13-29)26-12-15(20)10-17(23(28)30)22-18(24)7-4-8-19(22)25/h3-12,29H,2,13H2,1H3,(H,26,27). The number of aliphatic hydroxyl groups is 1. The Balaban J connectivity index is 1.84. The van der Waals surface area contributed by atoms with Crippen LogP contribution in [0.1, 0.15) is 12.5 Å². The number of nitrogens with zero attached hydrogens (tertiary/aromatic N) is 2. The highest BCUT2D eigenvalue weighted by molar-refractivity contribution is 6.39. The van der Waals surface area contributed by atoms with Gasteiger partial charge >= 0.3 is 0 Å². The lowest BCUT2D eigenvalue weighted by Gasteiger charge is -2.14. The minimum absolute atomic E-state index is 0.0383. The third-order valence-corrected chi connectivity index (χ3v) is 5.54. The van der Waals surface area contributed by atoms with Gasteiger partial charge < -0.3 is 15.0 Å². The Kier molecular flexibility index (Phi) is 5.77. The van der Waals surface area contributed by atoms with Gasteiger partial charge in [-0.3, -0.25) is 4.79 Å². The molecule has 0 spiro atoms. The second-order valence-corrected chi connectivity index (χ2v) is 7.63. The van der Waals surface area contributed by atoms with Crippen molar-refractivity contribution in [3.63, 3.8) is 0 Å². The molecule has 7 heteroatoms. The van der Waals surface area contributed by atoms with E-state index in [4.69, 9.17) is 23.2 Å². The number of anilines is 2. The van der Waals surface area contributed by atoms with E-state index in [2.05, 4.69) is 10.3 Å². The van der Waals surface area contributed by atoms with E-state index in [-0.39, 0.29) is 12.2 Å². The molecule has 0 aliphatic rings. The largest absolute Gasteiger partial charge is 0.392 e. The zero-order valence-corrected chi connectivity index (χ0v) is 17.7. The summed E-state index contributed by atoms with van der Waals surface area (Å²) in [6.07, 6.45) is 1.72. The van der Waals surface area contributed by atoms with E-state index in [0.29, 0.717) is 33.5 Å². The van der Waals surface area contributed by atoms with Gasteiger partial charge in [-0.1, -0.05) is 41.4 Å². The molecule has 0 amide bonds. The molecule has 0 saturated heterocycles. The van der Waals surface area contributed by atoms with Gasteiger partial charge in [-0.2, -0.15) is 0 Å². The predicted molar refractivity (Wildman–Crippen MR) is 123 cm³/mol. The number of aromatic nitrogens is 2. The van der Waals surface area contributed by atoms with Crippen LogP contribution >= 0.6 is 23.2 Å². The van der Waals surface area contributed by atoms with Crippen LogP contribution in [-0.2, 0) is 13.2 Å². The normalized spacial score (nSPS) is 11.1. The molecule has 152 valence electrons. The van der Waals surface area contributed by atoms with Gasteiger partial charge in [0, 0.05) is 35.4 Å². The molecule has 0 bridgehead atoms. The van der Waals surface area contributed by atoms with Crippen molar-refractivity contribution in [1.82, 2.24) is 9.55 Å². The molecule has 4 aromatic rings. The average Bonchev–Trinajstić information content (AvgIpc) is 2.74. The maximum Gasteiger partial charge on any atom is 0.259 e. The van der Waals surface area contributed by atoms with Crippen molar-refractivity contribution < 1.29 is 5.11 Å². The summed E-state index contributed by atoms with van der Waals surface area (Å²) in [4.78, 5) is 17.7. The first-order valence-corrected chi connectivity index (χ1v) is 10.2. The van der Waals surface area contributed by atoms with Gasteiger partial charge in [0.15, 0.2) is 0 Å². The van der Waals surface area contributed by atoms with Gasteiger partial charge in [0.25, 0.3) is 5.56 Å². The number of aliphatic hydroxyl groups excluding tert-OH is 1. The summed E-state index contributed by atoms with van der Waals surface area (Å²) in [5.41, 5.74) is 3.16. The summed E-state index contributed by atoms with van der Waals surface area (Å²) >= 11 is 12.7. The lowest BCUT2D eigenvalue weighted by molar-refractivity contribution is 0.282. The van der Waals surface area contributed by atoms with Crippen molar-refractivity contribution in [1.29, 1.82) is 0 Å². The number of hydrogen-bond donors (Lipinski definition) is 2. The lowest BCUT2D eigenvalue weighted by Crippen LogP contribution is -2.21. The van der Waals surface area contributed by atoms with Crippen molar-refractivity contribution >= 4 is 45.6 Å². The smallest absolute Gasteiger partial charge is 0.259 e. The fourth-order valence-corrected chi connectivity index (χ4v) is 4.09. The number of rotatable bonds is 5. The molecule has 5 nitrogen and oxygen atoms in total. The molecule has 0 aliphatic carbocycles. The van der Waals surface area contributed by atoms with Crippen LogP contribution in [0.15, 0.2) is 65.6 Å². The highest BCUT2D eigenvalue weighted by atomic mass is 35.5. The molecular formula is C23H19Cl2N3O2. The Bertz CT molecular complexity index is 1280. The third-order valence-electron chi connectivity index (χ3n) is 4.91. The highest BCUT2D eigenvalue weighted by Gasteiger charge is 2.16. The Hall–Kier alpha value is -2.86. The molecule has 0 unspecified atom stereocenters. The number of fused-ring (bicyclic) bond motifs is 1. The second kappa shape index (κ2) is 8.48. The summed E-state index contributed by atoms with van der Waals surface area (Å²) in [7, 11) is 0. The van der Waals surface area contributed by atoms with E-state index in [1.807, 2.05) is 37.3 Å². The minimum atomic E-state index is -0.167. The lowest BCUT2D eigenvalue weighted by atomic mass is 10.0. The van der Waals surface area contributed by atoms with Crippen LogP contribution in [0.2, 0.25) is 10.0 Å². The van der Waals surface area contributed by atoms with Gasteiger partial charge in [-0.25, -0.2) is 4.98 Å². The fourth-order valence-electron chi connectivity index (χ4n) is 3.48. The first-order valence-electron chi connectivity index (χ1n) is 9.46. The molecule has 2 aromatic carbocycles.